The second-order valence-electron chi connectivity index (χ2n) is 3.02. The molecule has 0 atom stereocenters. The summed E-state index contributed by atoms with van der Waals surface area (Å²) in [7, 11) is 0. The third-order valence-corrected chi connectivity index (χ3v) is 2.44. The highest BCUT2D eigenvalue weighted by Gasteiger charge is 2.22. The van der Waals surface area contributed by atoms with Crippen LogP contribution < -0.4 is 0 Å². The summed E-state index contributed by atoms with van der Waals surface area (Å²) in [5.74, 6) is 0. The van der Waals surface area contributed by atoms with E-state index >= 15 is 0 Å². The Morgan fingerprint density at radius 2 is 2.23 bits per heavy atom. The Morgan fingerprint density at radius 1 is 1.62 bits per heavy atom. The van der Waals surface area contributed by atoms with Crippen molar-refractivity contribution >= 4 is 18.5 Å². The van der Waals surface area contributed by atoms with Crippen LogP contribution in [0.5, 0.6) is 0 Å². The zero-order valence-electron chi connectivity index (χ0n) is 7.73. The summed E-state index contributed by atoms with van der Waals surface area (Å²) in [6, 6.07) is 0.251. The standard InChI is InChI=1S/C8H14N2O2S/c1-2-12-8(11)10-5-3-7(9-13)4-6-10/h7H,2-6H2,1H3. The SMILES string of the molecule is CCOC(=O)N1CCC(N=S)CC1. The highest BCUT2D eigenvalue weighted by atomic mass is 32.1. The van der Waals surface area contributed by atoms with Crippen molar-refractivity contribution in [2.24, 2.45) is 4.36 Å². The average molecular weight is 202 g/mol. The Morgan fingerprint density at radius 3 is 2.69 bits per heavy atom. The first-order valence-corrected chi connectivity index (χ1v) is 4.88. The number of ether oxygens (including phenoxy) is 1. The molecule has 0 saturated carbocycles. The van der Waals surface area contributed by atoms with Crippen LogP contribution in [0, 0.1) is 0 Å². The van der Waals surface area contributed by atoms with Crippen LogP contribution in [-0.4, -0.2) is 36.7 Å². The van der Waals surface area contributed by atoms with Gasteiger partial charge in [0.05, 0.1) is 12.6 Å². The molecular formula is C8H14N2O2S. The Bertz CT molecular complexity index is 191. The van der Waals surface area contributed by atoms with E-state index in [1.807, 2.05) is 6.92 Å². The zero-order valence-corrected chi connectivity index (χ0v) is 8.55. The largest absolute Gasteiger partial charge is 0.450 e. The molecule has 0 aliphatic carbocycles. The maximum absolute atomic E-state index is 11.2. The second kappa shape index (κ2) is 5.11. The maximum atomic E-state index is 11.2. The van der Waals surface area contributed by atoms with Gasteiger partial charge < -0.3 is 9.64 Å². The van der Waals surface area contributed by atoms with E-state index in [9.17, 15) is 4.79 Å². The molecule has 0 aromatic rings. The Kier molecular flexibility index (Phi) is 4.08. The van der Waals surface area contributed by atoms with Gasteiger partial charge in [0.15, 0.2) is 0 Å². The summed E-state index contributed by atoms with van der Waals surface area (Å²) in [5.41, 5.74) is 0. The van der Waals surface area contributed by atoms with Crippen LogP contribution in [0.2, 0.25) is 0 Å². The Hall–Kier alpha value is -0.710. The van der Waals surface area contributed by atoms with Crippen LogP contribution in [-0.2, 0) is 17.2 Å². The molecular weight excluding hydrogens is 188 g/mol. The fraction of sp³-hybridized carbons (Fsp3) is 0.875. The monoisotopic (exact) mass is 202 g/mol. The van der Waals surface area contributed by atoms with Gasteiger partial charge in [-0.05, 0) is 19.8 Å². The van der Waals surface area contributed by atoms with E-state index in [0.29, 0.717) is 19.7 Å². The van der Waals surface area contributed by atoms with Crippen molar-refractivity contribution in [2.45, 2.75) is 25.8 Å². The van der Waals surface area contributed by atoms with E-state index in [-0.39, 0.29) is 12.1 Å². The van der Waals surface area contributed by atoms with Gasteiger partial charge in [-0.25, -0.2) is 9.16 Å². The molecule has 0 radical (unpaired) electrons. The van der Waals surface area contributed by atoms with Crippen LogP contribution in [0.3, 0.4) is 0 Å². The van der Waals surface area contributed by atoms with Gasteiger partial charge in [-0.15, -0.1) is 0 Å². The molecule has 0 aromatic heterocycles. The number of hydrogen-bond donors (Lipinski definition) is 0. The fourth-order valence-corrected chi connectivity index (χ4v) is 1.58. The lowest BCUT2D eigenvalue weighted by molar-refractivity contribution is 0.0976. The quantitative estimate of drug-likeness (QED) is 0.678. The molecule has 1 aliphatic rings. The molecule has 0 unspecified atom stereocenters. The first-order chi connectivity index (χ1) is 6.27. The van der Waals surface area contributed by atoms with Crippen molar-refractivity contribution in [1.29, 1.82) is 0 Å². The van der Waals surface area contributed by atoms with Crippen LogP contribution in [0.25, 0.3) is 0 Å². The molecule has 0 N–H and O–H groups in total. The molecule has 1 saturated heterocycles. The highest BCUT2D eigenvalue weighted by molar-refractivity contribution is 7.47. The number of carbonyl (C=O) groups excluding carboxylic acids is 1. The zero-order chi connectivity index (χ0) is 9.68. The van der Waals surface area contributed by atoms with Crippen molar-refractivity contribution in [3.8, 4) is 0 Å². The summed E-state index contributed by atoms with van der Waals surface area (Å²) in [4.78, 5) is 12.9. The molecule has 1 aliphatic heterocycles. The van der Waals surface area contributed by atoms with Crippen molar-refractivity contribution < 1.29 is 9.53 Å². The van der Waals surface area contributed by atoms with Gasteiger partial charge in [0.2, 0.25) is 0 Å². The van der Waals surface area contributed by atoms with E-state index in [4.69, 9.17) is 4.74 Å². The molecule has 1 fully saturated rings. The van der Waals surface area contributed by atoms with E-state index in [1.54, 1.807) is 4.90 Å². The van der Waals surface area contributed by atoms with Gasteiger partial charge in [0, 0.05) is 25.5 Å². The number of amides is 1. The minimum Gasteiger partial charge on any atom is -0.450 e. The Balaban J connectivity index is 2.31. The number of nitrogens with zero attached hydrogens (tertiary/aromatic N) is 2. The highest BCUT2D eigenvalue weighted by Crippen LogP contribution is 2.13. The average Bonchev–Trinajstić information content (AvgIpc) is 2.18. The molecule has 0 aromatic carbocycles. The summed E-state index contributed by atoms with van der Waals surface area (Å²) in [6.45, 7) is 3.67. The molecule has 0 bridgehead atoms. The van der Waals surface area contributed by atoms with Gasteiger partial charge in [-0.1, -0.05) is 0 Å². The molecule has 74 valence electrons. The minimum absolute atomic E-state index is 0.217. The second-order valence-corrected chi connectivity index (χ2v) is 3.23. The summed E-state index contributed by atoms with van der Waals surface area (Å²) >= 11 is 4.62. The first-order valence-electron chi connectivity index (χ1n) is 4.52. The molecule has 1 heterocycles. The van der Waals surface area contributed by atoms with Gasteiger partial charge >= 0.3 is 6.09 Å². The van der Waals surface area contributed by atoms with Crippen molar-refractivity contribution in [3.05, 3.63) is 0 Å². The van der Waals surface area contributed by atoms with E-state index in [1.165, 1.54) is 0 Å². The lowest BCUT2D eigenvalue weighted by Crippen LogP contribution is -2.39. The summed E-state index contributed by atoms with van der Waals surface area (Å²) in [6.07, 6.45) is 1.51. The molecule has 1 amide bonds. The predicted octanol–water partition coefficient (Wildman–Crippen LogP) is 1.34. The van der Waals surface area contributed by atoms with Crippen molar-refractivity contribution in [1.82, 2.24) is 4.90 Å². The van der Waals surface area contributed by atoms with Crippen molar-refractivity contribution in [2.75, 3.05) is 19.7 Å². The topological polar surface area (TPSA) is 41.9 Å². The molecule has 5 heteroatoms. The predicted molar refractivity (Wildman–Crippen MR) is 51.4 cm³/mol. The van der Waals surface area contributed by atoms with E-state index < -0.39 is 0 Å². The van der Waals surface area contributed by atoms with Crippen LogP contribution in [0.4, 0.5) is 4.79 Å². The number of likely N-dealkylation sites (tertiary alicyclic amines) is 1. The Labute approximate surface area is 83.4 Å². The lowest BCUT2D eigenvalue weighted by Gasteiger charge is -2.28. The van der Waals surface area contributed by atoms with Crippen molar-refractivity contribution in [3.63, 3.8) is 0 Å². The van der Waals surface area contributed by atoms with Gasteiger partial charge in [0.1, 0.15) is 0 Å². The van der Waals surface area contributed by atoms with Crippen LogP contribution in [0.1, 0.15) is 19.8 Å². The first kappa shape index (κ1) is 10.4. The smallest absolute Gasteiger partial charge is 0.409 e. The number of rotatable bonds is 2. The van der Waals surface area contributed by atoms with Gasteiger partial charge in [0.25, 0.3) is 0 Å². The third-order valence-electron chi connectivity index (χ3n) is 2.14. The normalized spacial score (nSPS) is 18.4. The number of hydrogen-bond acceptors (Lipinski definition) is 4. The molecule has 1 rings (SSSR count). The number of carbonyl (C=O) groups is 1. The molecule has 4 nitrogen and oxygen atoms in total. The van der Waals surface area contributed by atoms with Crippen LogP contribution >= 0.6 is 0 Å². The molecule has 13 heavy (non-hydrogen) atoms. The van der Waals surface area contributed by atoms with Gasteiger partial charge in [-0.3, -0.25) is 0 Å². The minimum atomic E-state index is -0.217. The molecule has 0 spiro atoms. The third kappa shape index (κ3) is 2.91. The van der Waals surface area contributed by atoms with E-state index in [0.717, 1.165) is 12.8 Å². The maximum Gasteiger partial charge on any atom is 0.409 e. The van der Waals surface area contributed by atoms with E-state index in [2.05, 4.69) is 16.8 Å². The lowest BCUT2D eigenvalue weighted by atomic mass is 10.1. The summed E-state index contributed by atoms with van der Waals surface area (Å²) < 4.78 is 8.67. The number of piperidine rings is 1. The summed E-state index contributed by atoms with van der Waals surface area (Å²) in [5, 5.41) is 0. The van der Waals surface area contributed by atoms with Crippen LogP contribution in [0.15, 0.2) is 4.36 Å². The van der Waals surface area contributed by atoms with Gasteiger partial charge in [-0.2, -0.15) is 0 Å². The fourth-order valence-electron chi connectivity index (χ4n) is 1.37.